The number of hydrogen-bond acceptors (Lipinski definition) is 6. The molecular formula is C17H11ClN4O2S. The number of carbonyl (C=O) groups is 1. The highest BCUT2D eigenvalue weighted by molar-refractivity contribution is 7.21. The molecule has 0 aliphatic heterocycles. The predicted molar refractivity (Wildman–Crippen MR) is 95.1 cm³/mol. The van der Waals surface area contributed by atoms with Crippen molar-refractivity contribution in [2.75, 3.05) is 0 Å². The van der Waals surface area contributed by atoms with Crippen molar-refractivity contribution >= 4 is 39.0 Å². The molecule has 0 radical (unpaired) electrons. The van der Waals surface area contributed by atoms with Crippen LogP contribution in [0, 0.1) is 0 Å². The first-order chi connectivity index (χ1) is 12.2. The molecule has 0 bridgehead atoms. The third-order valence-electron chi connectivity index (χ3n) is 3.59. The lowest BCUT2D eigenvalue weighted by Gasteiger charge is -2.05. The van der Waals surface area contributed by atoms with Crippen LogP contribution in [-0.4, -0.2) is 26.2 Å². The lowest BCUT2D eigenvalue weighted by Crippen LogP contribution is -2.09. The van der Waals surface area contributed by atoms with Gasteiger partial charge >= 0.3 is 5.97 Å². The Hall–Kier alpha value is -2.77. The summed E-state index contributed by atoms with van der Waals surface area (Å²) >= 11 is 7.61. The van der Waals surface area contributed by atoms with Crippen molar-refractivity contribution in [2.45, 2.75) is 6.61 Å². The van der Waals surface area contributed by atoms with Gasteiger partial charge in [-0.3, -0.25) is 0 Å². The number of para-hydroxylation sites is 1. The molecule has 0 atom stereocenters. The number of hydrogen-bond donors (Lipinski definition) is 0. The molecule has 0 aliphatic rings. The summed E-state index contributed by atoms with van der Waals surface area (Å²) in [7, 11) is 0. The Labute approximate surface area is 151 Å². The normalized spacial score (nSPS) is 10.9. The van der Waals surface area contributed by atoms with E-state index in [1.807, 2.05) is 54.6 Å². The summed E-state index contributed by atoms with van der Waals surface area (Å²) in [5.41, 5.74) is 0.790. The van der Waals surface area contributed by atoms with Gasteiger partial charge in [-0.15, -0.1) is 16.4 Å². The van der Waals surface area contributed by atoms with Gasteiger partial charge in [0.05, 0.1) is 10.7 Å². The minimum absolute atomic E-state index is 0.0503. The van der Waals surface area contributed by atoms with E-state index >= 15 is 0 Å². The number of benzene rings is 2. The number of fused-ring (bicyclic) bond motifs is 1. The highest BCUT2D eigenvalue weighted by Crippen LogP contribution is 2.35. The molecule has 2 heterocycles. The largest absolute Gasteiger partial charge is 0.453 e. The van der Waals surface area contributed by atoms with E-state index in [0.29, 0.717) is 15.7 Å². The molecule has 0 unspecified atom stereocenters. The summed E-state index contributed by atoms with van der Waals surface area (Å²) in [4.78, 5) is 12.8. The average molecular weight is 371 g/mol. The second-order valence-corrected chi connectivity index (χ2v) is 6.59. The number of ether oxygens (including phenoxy) is 1. The van der Waals surface area contributed by atoms with Crippen LogP contribution in [0.5, 0.6) is 0 Å². The van der Waals surface area contributed by atoms with Crippen molar-refractivity contribution in [1.82, 2.24) is 20.2 Å². The van der Waals surface area contributed by atoms with Crippen molar-refractivity contribution in [1.29, 1.82) is 0 Å². The Balaban J connectivity index is 1.55. The number of esters is 1. The summed E-state index contributed by atoms with van der Waals surface area (Å²) < 4.78 is 7.83. The van der Waals surface area contributed by atoms with Gasteiger partial charge in [0, 0.05) is 10.1 Å². The van der Waals surface area contributed by atoms with Crippen LogP contribution in [0.1, 0.15) is 15.5 Å². The molecule has 0 aliphatic carbocycles. The van der Waals surface area contributed by atoms with Gasteiger partial charge in [-0.25, -0.2) is 4.79 Å². The van der Waals surface area contributed by atoms with Crippen molar-refractivity contribution in [3.8, 4) is 5.69 Å². The Morgan fingerprint density at radius 3 is 2.68 bits per heavy atom. The van der Waals surface area contributed by atoms with Crippen LogP contribution in [0.4, 0.5) is 0 Å². The number of tetrazole rings is 1. The zero-order valence-corrected chi connectivity index (χ0v) is 14.4. The van der Waals surface area contributed by atoms with E-state index in [0.717, 1.165) is 15.8 Å². The maximum Gasteiger partial charge on any atom is 0.350 e. The zero-order chi connectivity index (χ0) is 17.2. The Morgan fingerprint density at radius 1 is 1.12 bits per heavy atom. The second-order valence-electron chi connectivity index (χ2n) is 5.16. The van der Waals surface area contributed by atoms with Gasteiger partial charge in [0.2, 0.25) is 0 Å². The third-order valence-corrected chi connectivity index (χ3v) is 5.24. The Bertz CT molecular complexity index is 1050. The molecule has 0 N–H and O–H groups in total. The molecule has 2 aromatic heterocycles. The number of halogens is 1. The van der Waals surface area contributed by atoms with Crippen LogP contribution in [0.3, 0.4) is 0 Å². The predicted octanol–water partition coefficient (Wildman–Crippen LogP) is 3.89. The minimum Gasteiger partial charge on any atom is -0.453 e. The number of rotatable bonds is 4. The standard InChI is InChI=1S/C17H11ClN4O2S/c18-15-12-8-4-5-9-13(12)25-16(15)17(23)24-10-14-19-20-21-22(14)11-6-2-1-3-7-11/h1-9H,10H2. The van der Waals surface area contributed by atoms with E-state index < -0.39 is 5.97 Å². The molecule has 124 valence electrons. The first-order valence-corrected chi connectivity index (χ1v) is 8.60. The summed E-state index contributed by atoms with van der Waals surface area (Å²) in [6, 6.07) is 17.0. The lowest BCUT2D eigenvalue weighted by atomic mass is 10.2. The fourth-order valence-electron chi connectivity index (χ4n) is 2.41. The Kier molecular flexibility index (Phi) is 4.17. The smallest absolute Gasteiger partial charge is 0.350 e. The molecule has 0 fully saturated rings. The Morgan fingerprint density at radius 2 is 1.88 bits per heavy atom. The number of aromatic nitrogens is 4. The molecule has 2 aromatic carbocycles. The molecular weight excluding hydrogens is 360 g/mol. The summed E-state index contributed by atoms with van der Waals surface area (Å²) in [5.74, 6) is -0.0643. The summed E-state index contributed by atoms with van der Waals surface area (Å²) in [6.07, 6.45) is 0. The monoisotopic (exact) mass is 370 g/mol. The van der Waals surface area contributed by atoms with Crippen molar-refractivity contribution in [2.24, 2.45) is 0 Å². The van der Waals surface area contributed by atoms with Crippen LogP contribution >= 0.6 is 22.9 Å². The third kappa shape index (κ3) is 2.99. The molecule has 4 aromatic rings. The number of thiophene rings is 1. The summed E-state index contributed by atoms with van der Waals surface area (Å²) in [6.45, 7) is -0.0503. The molecule has 0 spiro atoms. The first kappa shape index (κ1) is 15.7. The molecule has 4 rings (SSSR count). The van der Waals surface area contributed by atoms with Gasteiger partial charge in [0.15, 0.2) is 12.4 Å². The maximum absolute atomic E-state index is 12.4. The minimum atomic E-state index is -0.492. The van der Waals surface area contributed by atoms with Crippen LogP contribution in [0.15, 0.2) is 54.6 Å². The highest BCUT2D eigenvalue weighted by Gasteiger charge is 2.19. The molecule has 0 saturated carbocycles. The average Bonchev–Trinajstić information content (AvgIpc) is 3.25. The molecule has 25 heavy (non-hydrogen) atoms. The van der Waals surface area contributed by atoms with E-state index in [1.165, 1.54) is 16.0 Å². The van der Waals surface area contributed by atoms with Crippen LogP contribution < -0.4 is 0 Å². The summed E-state index contributed by atoms with van der Waals surface area (Å²) in [5, 5.41) is 12.8. The first-order valence-electron chi connectivity index (χ1n) is 7.41. The van der Waals surface area contributed by atoms with Gasteiger partial charge < -0.3 is 4.74 Å². The van der Waals surface area contributed by atoms with Gasteiger partial charge in [-0.2, -0.15) is 4.68 Å². The van der Waals surface area contributed by atoms with Crippen LogP contribution in [0.2, 0.25) is 5.02 Å². The van der Waals surface area contributed by atoms with Crippen LogP contribution in [-0.2, 0) is 11.3 Å². The maximum atomic E-state index is 12.4. The van der Waals surface area contributed by atoms with Crippen molar-refractivity contribution in [3.05, 3.63) is 70.3 Å². The van der Waals surface area contributed by atoms with Crippen molar-refractivity contribution < 1.29 is 9.53 Å². The SMILES string of the molecule is O=C(OCc1nnnn1-c1ccccc1)c1sc2ccccc2c1Cl. The lowest BCUT2D eigenvalue weighted by molar-refractivity contribution is 0.0465. The van der Waals surface area contributed by atoms with Crippen molar-refractivity contribution in [3.63, 3.8) is 0 Å². The molecule has 6 nitrogen and oxygen atoms in total. The van der Waals surface area contributed by atoms with E-state index in [1.54, 1.807) is 0 Å². The van der Waals surface area contributed by atoms with Gasteiger partial charge in [0.1, 0.15) is 4.88 Å². The van der Waals surface area contributed by atoms with Gasteiger partial charge in [-0.05, 0) is 28.6 Å². The topological polar surface area (TPSA) is 69.9 Å². The fourth-order valence-corrected chi connectivity index (χ4v) is 3.81. The quantitative estimate of drug-likeness (QED) is 0.510. The van der Waals surface area contributed by atoms with Gasteiger partial charge in [0.25, 0.3) is 0 Å². The van der Waals surface area contributed by atoms with Crippen LogP contribution in [0.25, 0.3) is 15.8 Å². The zero-order valence-electron chi connectivity index (χ0n) is 12.8. The molecule has 0 amide bonds. The van der Waals surface area contributed by atoms with Gasteiger partial charge in [-0.1, -0.05) is 48.0 Å². The number of nitrogens with zero attached hydrogens (tertiary/aromatic N) is 4. The van der Waals surface area contributed by atoms with E-state index in [4.69, 9.17) is 16.3 Å². The fraction of sp³-hybridized carbons (Fsp3) is 0.0588. The second kappa shape index (κ2) is 6.62. The molecule has 0 saturated heterocycles. The highest BCUT2D eigenvalue weighted by atomic mass is 35.5. The van der Waals surface area contributed by atoms with E-state index in [-0.39, 0.29) is 6.61 Å². The molecule has 8 heteroatoms. The van der Waals surface area contributed by atoms with E-state index in [9.17, 15) is 4.79 Å². The number of carbonyl (C=O) groups excluding carboxylic acids is 1. The van der Waals surface area contributed by atoms with E-state index in [2.05, 4.69) is 15.5 Å².